The largest absolute Gasteiger partial charge is 0.383 e. The number of nitrogens with one attached hydrogen (secondary N) is 1. The van der Waals surface area contributed by atoms with Crippen molar-refractivity contribution >= 4 is 17.1 Å². The number of nitrogens with zero attached hydrogens (tertiary/aromatic N) is 1. The first kappa shape index (κ1) is 11.6. The monoisotopic (exact) mass is 246 g/mol. The van der Waals surface area contributed by atoms with Crippen LogP contribution in [0.4, 0.5) is 11.4 Å². The van der Waals surface area contributed by atoms with E-state index < -0.39 is 0 Å². The predicted octanol–water partition coefficient (Wildman–Crippen LogP) is 3.63. The molecule has 0 bridgehead atoms. The maximum Gasteiger partial charge on any atom is 0.0928 e. The summed E-state index contributed by atoms with van der Waals surface area (Å²) in [4.78, 5) is 4.63. The average Bonchev–Trinajstić information content (AvgIpc) is 2.68. The lowest BCUT2D eigenvalue weighted by Crippen LogP contribution is -2.03. The van der Waals surface area contributed by atoms with Crippen LogP contribution in [0.25, 0.3) is 0 Å². The fourth-order valence-corrected chi connectivity index (χ4v) is 1.99. The quantitative estimate of drug-likeness (QED) is 0.705. The molecule has 1 N–H and O–H groups in total. The predicted molar refractivity (Wildman–Crippen MR) is 80.0 cm³/mol. The maximum atomic E-state index is 4.63. The lowest BCUT2D eigenvalue weighted by atomic mass is 10.2. The molecule has 1 heterocycles. The summed E-state index contributed by atoms with van der Waals surface area (Å²) in [5, 5.41) is 3.37. The fourth-order valence-electron chi connectivity index (χ4n) is 1.99. The molecule has 2 aromatic carbocycles. The highest BCUT2D eigenvalue weighted by molar-refractivity contribution is 6.03. The van der Waals surface area contributed by atoms with Gasteiger partial charge in [-0.25, -0.2) is 4.99 Å². The number of fused-ring (bicyclic) bond motifs is 1. The molecule has 0 atom stereocenters. The lowest BCUT2D eigenvalue weighted by Gasteiger charge is -2.03. The Kier molecular flexibility index (Phi) is 3.29. The summed E-state index contributed by atoms with van der Waals surface area (Å²) in [6.07, 6.45) is 0.856. The Bertz CT molecular complexity index is 660. The van der Waals surface area contributed by atoms with E-state index in [1.165, 1.54) is 0 Å². The van der Waals surface area contributed by atoms with Crippen LogP contribution >= 0.6 is 0 Å². The van der Waals surface area contributed by atoms with Crippen molar-refractivity contribution in [1.29, 1.82) is 0 Å². The van der Waals surface area contributed by atoms with E-state index >= 15 is 0 Å². The fraction of sp³-hybridized carbons (Fsp3) is 0.118. The highest BCUT2D eigenvalue weighted by atomic mass is 14.9. The van der Waals surface area contributed by atoms with Gasteiger partial charge in [0.25, 0.3) is 0 Å². The van der Waals surface area contributed by atoms with Crippen molar-refractivity contribution in [2.24, 2.45) is 4.99 Å². The van der Waals surface area contributed by atoms with Gasteiger partial charge in [0.15, 0.2) is 0 Å². The van der Waals surface area contributed by atoms with Crippen LogP contribution in [0.2, 0.25) is 0 Å². The number of hydrogen-bond donors (Lipinski definition) is 1. The summed E-state index contributed by atoms with van der Waals surface area (Å²) in [6, 6.07) is 18.1. The van der Waals surface area contributed by atoms with Gasteiger partial charge in [0.2, 0.25) is 0 Å². The Morgan fingerprint density at radius 2 is 1.68 bits per heavy atom. The van der Waals surface area contributed by atoms with Crippen LogP contribution in [0, 0.1) is 11.8 Å². The van der Waals surface area contributed by atoms with Gasteiger partial charge >= 0.3 is 0 Å². The van der Waals surface area contributed by atoms with Crippen LogP contribution in [0.15, 0.2) is 59.6 Å². The van der Waals surface area contributed by atoms with Crippen LogP contribution in [0.1, 0.15) is 12.0 Å². The number of aliphatic imine (C=N–C) groups is 1. The Hall–Kier alpha value is -2.53. The smallest absolute Gasteiger partial charge is 0.0928 e. The second kappa shape index (κ2) is 5.41. The van der Waals surface area contributed by atoms with Crippen LogP contribution in [0.5, 0.6) is 0 Å². The zero-order chi connectivity index (χ0) is 12.9. The molecule has 0 aliphatic carbocycles. The van der Waals surface area contributed by atoms with Crippen LogP contribution in [-0.2, 0) is 0 Å². The number of hydrogen-bond acceptors (Lipinski definition) is 2. The van der Waals surface area contributed by atoms with Crippen molar-refractivity contribution in [3.8, 4) is 11.8 Å². The van der Waals surface area contributed by atoms with Crippen LogP contribution in [-0.4, -0.2) is 12.3 Å². The van der Waals surface area contributed by atoms with E-state index in [-0.39, 0.29) is 0 Å². The first-order valence-corrected chi connectivity index (χ1v) is 6.39. The summed E-state index contributed by atoms with van der Waals surface area (Å²) in [6.45, 7) is 0.874. The molecule has 1 aliphatic rings. The molecule has 0 saturated carbocycles. The SMILES string of the molecule is C(#Cc1ccccc1)C1=Nc2ccccc2NCC1. The molecule has 92 valence electrons. The van der Waals surface area contributed by atoms with E-state index in [1.54, 1.807) is 0 Å². The van der Waals surface area contributed by atoms with Crippen molar-refractivity contribution in [2.75, 3.05) is 11.9 Å². The van der Waals surface area contributed by atoms with Gasteiger partial charge in [-0.1, -0.05) is 36.3 Å². The highest BCUT2D eigenvalue weighted by Gasteiger charge is 2.06. The Balaban J connectivity index is 1.90. The van der Waals surface area contributed by atoms with Gasteiger partial charge in [0.05, 0.1) is 17.1 Å². The number of rotatable bonds is 0. The molecule has 0 amide bonds. The topological polar surface area (TPSA) is 24.4 Å². The molecule has 2 heteroatoms. The van der Waals surface area contributed by atoms with Gasteiger partial charge in [-0.2, -0.15) is 0 Å². The second-order valence-electron chi connectivity index (χ2n) is 4.37. The minimum Gasteiger partial charge on any atom is -0.383 e. The average molecular weight is 246 g/mol. The summed E-state index contributed by atoms with van der Waals surface area (Å²) >= 11 is 0. The summed E-state index contributed by atoms with van der Waals surface area (Å²) in [5.41, 5.74) is 4.01. The second-order valence-corrected chi connectivity index (χ2v) is 4.37. The van der Waals surface area contributed by atoms with Gasteiger partial charge in [-0.05, 0) is 30.2 Å². The first-order chi connectivity index (χ1) is 9.42. The molecule has 0 fully saturated rings. The summed E-state index contributed by atoms with van der Waals surface area (Å²) in [7, 11) is 0. The Morgan fingerprint density at radius 3 is 2.58 bits per heavy atom. The van der Waals surface area contributed by atoms with Gasteiger partial charge in [-0.15, -0.1) is 0 Å². The van der Waals surface area contributed by atoms with E-state index in [0.29, 0.717) is 0 Å². The summed E-state index contributed by atoms with van der Waals surface area (Å²) < 4.78 is 0. The van der Waals surface area contributed by atoms with Gasteiger partial charge in [-0.3, -0.25) is 0 Å². The first-order valence-electron chi connectivity index (χ1n) is 6.39. The van der Waals surface area contributed by atoms with Crippen molar-refractivity contribution < 1.29 is 0 Å². The molecule has 2 nitrogen and oxygen atoms in total. The molecule has 19 heavy (non-hydrogen) atoms. The molecule has 0 unspecified atom stereocenters. The molecule has 1 aliphatic heterocycles. The van der Waals surface area contributed by atoms with Crippen LogP contribution in [0.3, 0.4) is 0 Å². The van der Waals surface area contributed by atoms with Gasteiger partial charge in [0.1, 0.15) is 0 Å². The standard InChI is InChI=1S/C17H14N2/c1-2-6-14(7-3-1)10-11-15-12-13-18-16-8-4-5-9-17(16)19-15/h1-9,18H,12-13H2. The molecular formula is C17H14N2. The third kappa shape index (κ3) is 2.83. The Labute approximate surface area is 113 Å². The Morgan fingerprint density at radius 1 is 0.895 bits per heavy atom. The lowest BCUT2D eigenvalue weighted by molar-refractivity contribution is 1.13. The molecule has 3 rings (SSSR count). The molecule has 0 aromatic heterocycles. The van der Waals surface area contributed by atoms with E-state index in [0.717, 1.165) is 35.6 Å². The van der Waals surface area contributed by atoms with Crippen molar-refractivity contribution in [3.63, 3.8) is 0 Å². The molecular weight excluding hydrogens is 232 g/mol. The molecule has 2 aromatic rings. The van der Waals surface area contributed by atoms with E-state index in [9.17, 15) is 0 Å². The third-order valence-corrected chi connectivity index (χ3v) is 2.96. The zero-order valence-corrected chi connectivity index (χ0v) is 10.6. The van der Waals surface area contributed by atoms with Crippen molar-refractivity contribution in [2.45, 2.75) is 6.42 Å². The van der Waals surface area contributed by atoms with E-state index in [1.807, 2.05) is 54.6 Å². The van der Waals surface area contributed by atoms with Gasteiger partial charge < -0.3 is 5.32 Å². The minimum absolute atomic E-state index is 0.856. The number of benzene rings is 2. The molecule has 0 spiro atoms. The van der Waals surface area contributed by atoms with E-state index in [4.69, 9.17) is 0 Å². The van der Waals surface area contributed by atoms with Gasteiger partial charge in [0, 0.05) is 18.5 Å². The molecule has 0 saturated heterocycles. The third-order valence-electron chi connectivity index (χ3n) is 2.96. The minimum atomic E-state index is 0.856. The van der Waals surface area contributed by atoms with Crippen molar-refractivity contribution in [3.05, 3.63) is 60.2 Å². The van der Waals surface area contributed by atoms with E-state index in [2.05, 4.69) is 22.2 Å². The highest BCUT2D eigenvalue weighted by Crippen LogP contribution is 2.26. The summed E-state index contributed by atoms with van der Waals surface area (Å²) in [5.74, 6) is 6.34. The zero-order valence-electron chi connectivity index (χ0n) is 10.6. The number of para-hydroxylation sites is 2. The van der Waals surface area contributed by atoms with Crippen LogP contribution < -0.4 is 5.32 Å². The maximum absolute atomic E-state index is 4.63. The normalized spacial score (nSPS) is 13.2. The van der Waals surface area contributed by atoms with Crippen molar-refractivity contribution in [1.82, 2.24) is 0 Å². The number of anilines is 1. The molecule has 0 radical (unpaired) electrons.